The number of hydrogen-bond acceptors (Lipinski definition) is 4. The van der Waals surface area contributed by atoms with Crippen LogP contribution in [0.4, 0.5) is 0 Å². The minimum atomic E-state index is -1.08. The first kappa shape index (κ1) is 11.6. The molecule has 18 heavy (non-hydrogen) atoms. The SMILES string of the molecule is N#Cc1ccc(Oc2cnccc2C(=O)O)cc1. The van der Waals surface area contributed by atoms with Crippen LogP contribution in [-0.4, -0.2) is 16.1 Å². The molecule has 2 rings (SSSR count). The summed E-state index contributed by atoms with van der Waals surface area (Å²) in [5.74, 6) is -0.472. The lowest BCUT2D eigenvalue weighted by atomic mass is 10.2. The van der Waals surface area contributed by atoms with Crippen molar-refractivity contribution in [3.8, 4) is 17.6 Å². The van der Waals surface area contributed by atoms with Crippen LogP contribution in [0.15, 0.2) is 42.7 Å². The van der Waals surface area contributed by atoms with E-state index in [0.717, 1.165) is 0 Å². The van der Waals surface area contributed by atoms with Crippen LogP contribution < -0.4 is 4.74 Å². The Labute approximate surface area is 103 Å². The third-order valence-corrected chi connectivity index (χ3v) is 2.23. The standard InChI is InChI=1S/C13H8N2O3/c14-7-9-1-3-10(4-2-9)18-12-8-15-6-5-11(12)13(16)17/h1-6,8H,(H,16,17). The summed E-state index contributed by atoms with van der Waals surface area (Å²) in [5.41, 5.74) is 0.543. The molecular weight excluding hydrogens is 232 g/mol. The van der Waals surface area contributed by atoms with Gasteiger partial charge in [0.2, 0.25) is 0 Å². The highest BCUT2D eigenvalue weighted by Crippen LogP contribution is 2.24. The largest absolute Gasteiger partial charge is 0.478 e. The Bertz CT molecular complexity index is 615. The van der Waals surface area contributed by atoms with E-state index in [1.165, 1.54) is 18.5 Å². The van der Waals surface area contributed by atoms with Gasteiger partial charge in [-0.05, 0) is 30.3 Å². The number of carboxylic acid groups (broad SMARTS) is 1. The van der Waals surface area contributed by atoms with Gasteiger partial charge in [-0.2, -0.15) is 5.26 Å². The van der Waals surface area contributed by atoms with Crippen molar-refractivity contribution in [2.24, 2.45) is 0 Å². The van der Waals surface area contributed by atoms with Crippen LogP contribution >= 0.6 is 0 Å². The Morgan fingerprint density at radius 1 is 1.28 bits per heavy atom. The second-order valence-electron chi connectivity index (χ2n) is 3.42. The Hall–Kier alpha value is -2.87. The maximum Gasteiger partial charge on any atom is 0.339 e. The number of carboxylic acids is 1. The second-order valence-corrected chi connectivity index (χ2v) is 3.42. The first-order valence-corrected chi connectivity index (χ1v) is 5.06. The highest BCUT2D eigenvalue weighted by Gasteiger charge is 2.11. The molecule has 1 aromatic heterocycles. The van der Waals surface area contributed by atoms with Crippen molar-refractivity contribution in [1.29, 1.82) is 5.26 Å². The maximum atomic E-state index is 11.0. The van der Waals surface area contributed by atoms with Crippen LogP contribution in [0.25, 0.3) is 0 Å². The third kappa shape index (κ3) is 2.44. The van der Waals surface area contributed by atoms with Gasteiger partial charge in [0.05, 0.1) is 17.8 Å². The van der Waals surface area contributed by atoms with Gasteiger partial charge in [0.1, 0.15) is 11.3 Å². The molecule has 1 heterocycles. The molecule has 0 saturated heterocycles. The molecule has 0 aliphatic carbocycles. The van der Waals surface area contributed by atoms with Gasteiger partial charge in [0, 0.05) is 6.20 Å². The number of nitrogens with zero attached hydrogens (tertiary/aromatic N) is 2. The lowest BCUT2D eigenvalue weighted by molar-refractivity contribution is 0.0694. The highest BCUT2D eigenvalue weighted by atomic mass is 16.5. The molecule has 2 aromatic rings. The van der Waals surface area contributed by atoms with Crippen molar-refractivity contribution < 1.29 is 14.6 Å². The summed E-state index contributed by atoms with van der Waals surface area (Å²) in [6.07, 6.45) is 2.72. The van der Waals surface area contributed by atoms with Gasteiger partial charge in [-0.25, -0.2) is 4.79 Å². The molecule has 0 fully saturated rings. The van der Waals surface area contributed by atoms with Crippen LogP contribution in [-0.2, 0) is 0 Å². The highest BCUT2D eigenvalue weighted by molar-refractivity contribution is 5.90. The molecule has 0 atom stereocenters. The quantitative estimate of drug-likeness (QED) is 0.890. The molecule has 0 bridgehead atoms. The van der Waals surface area contributed by atoms with Gasteiger partial charge in [-0.1, -0.05) is 0 Å². The van der Waals surface area contributed by atoms with Crippen LogP contribution in [0.2, 0.25) is 0 Å². The van der Waals surface area contributed by atoms with E-state index < -0.39 is 5.97 Å². The Morgan fingerprint density at radius 3 is 2.61 bits per heavy atom. The Morgan fingerprint density at radius 2 is 2.00 bits per heavy atom. The fourth-order valence-corrected chi connectivity index (χ4v) is 1.36. The molecule has 0 radical (unpaired) electrons. The minimum Gasteiger partial charge on any atom is -0.478 e. The first-order valence-electron chi connectivity index (χ1n) is 5.06. The molecule has 1 aromatic carbocycles. The number of rotatable bonds is 3. The van der Waals surface area contributed by atoms with Gasteiger partial charge < -0.3 is 9.84 Å². The number of aromatic carboxylic acids is 1. The van der Waals surface area contributed by atoms with Gasteiger partial charge in [-0.15, -0.1) is 0 Å². The molecule has 0 aliphatic heterocycles. The summed E-state index contributed by atoms with van der Waals surface area (Å²) >= 11 is 0. The van der Waals surface area contributed by atoms with Gasteiger partial charge in [0.25, 0.3) is 0 Å². The number of carbonyl (C=O) groups is 1. The summed E-state index contributed by atoms with van der Waals surface area (Å²) < 4.78 is 5.42. The van der Waals surface area contributed by atoms with E-state index in [1.807, 2.05) is 6.07 Å². The lowest BCUT2D eigenvalue weighted by Gasteiger charge is -2.07. The van der Waals surface area contributed by atoms with Crippen molar-refractivity contribution in [3.63, 3.8) is 0 Å². The molecule has 5 nitrogen and oxygen atoms in total. The van der Waals surface area contributed by atoms with Gasteiger partial charge in [0.15, 0.2) is 5.75 Å². The van der Waals surface area contributed by atoms with Crippen LogP contribution in [0.3, 0.4) is 0 Å². The van der Waals surface area contributed by atoms with Crippen LogP contribution in [0.5, 0.6) is 11.5 Å². The van der Waals surface area contributed by atoms with E-state index in [-0.39, 0.29) is 11.3 Å². The minimum absolute atomic E-state index is 0.0364. The summed E-state index contributed by atoms with van der Waals surface area (Å²) in [5, 5.41) is 17.6. The van der Waals surface area contributed by atoms with E-state index in [2.05, 4.69) is 4.98 Å². The van der Waals surface area contributed by atoms with Crippen molar-refractivity contribution in [1.82, 2.24) is 4.98 Å². The zero-order valence-electron chi connectivity index (χ0n) is 9.20. The van der Waals surface area contributed by atoms with E-state index in [0.29, 0.717) is 11.3 Å². The second kappa shape index (κ2) is 4.97. The summed E-state index contributed by atoms with van der Waals surface area (Å²) in [4.78, 5) is 14.8. The fraction of sp³-hybridized carbons (Fsp3) is 0. The number of nitriles is 1. The fourth-order valence-electron chi connectivity index (χ4n) is 1.36. The van der Waals surface area contributed by atoms with E-state index in [1.54, 1.807) is 24.3 Å². The molecule has 0 aliphatic rings. The van der Waals surface area contributed by atoms with Gasteiger partial charge in [-0.3, -0.25) is 4.98 Å². The monoisotopic (exact) mass is 240 g/mol. The Kier molecular flexibility index (Phi) is 3.21. The molecule has 0 saturated carbocycles. The van der Waals surface area contributed by atoms with Crippen molar-refractivity contribution in [2.75, 3.05) is 0 Å². The van der Waals surface area contributed by atoms with E-state index in [4.69, 9.17) is 15.1 Å². The number of pyridine rings is 1. The van der Waals surface area contributed by atoms with E-state index in [9.17, 15) is 4.79 Å². The summed E-state index contributed by atoms with van der Waals surface area (Å²) in [6, 6.07) is 9.72. The molecular formula is C13H8N2O3. The molecule has 0 amide bonds. The molecule has 5 heteroatoms. The number of aromatic nitrogens is 1. The molecule has 0 unspecified atom stereocenters. The van der Waals surface area contributed by atoms with Gasteiger partial charge >= 0.3 is 5.97 Å². The predicted octanol–water partition coefficient (Wildman–Crippen LogP) is 2.44. The summed E-state index contributed by atoms with van der Waals surface area (Å²) in [7, 11) is 0. The zero-order valence-corrected chi connectivity index (χ0v) is 9.20. The van der Waals surface area contributed by atoms with Crippen LogP contribution in [0, 0.1) is 11.3 Å². The lowest BCUT2D eigenvalue weighted by Crippen LogP contribution is -2.00. The smallest absolute Gasteiger partial charge is 0.339 e. The third-order valence-electron chi connectivity index (χ3n) is 2.23. The number of hydrogen-bond donors (Lipinski definition) is 1. The summed E-state index contributed by atoms with van der Waals surface area (Å²) in [6.45, 7) is 0. The molecule has 1 N–H and O–H groups in total. The van der Waals surface area contributed by atoms with Crippen LogP contribution in [0.1, 0.15) is 15.9 Å². The number of ether oxygens (including phenoxy) is 1. The predicted molar refractivity (Wildman–Crippen MR) is 62.4 cm³/mol. The topological polar surface area (TPSA) is 83.2 Å². The maximum absolute atomic E-state index is 11.0. The van der Waals surface area contributed by atoms with E-state index >= 15 is 0 Å². The average Bonchev–Trinajstić information content (AvgIpc) is 2.40. The number of benzene rings is 1. The first-order chi connectivity index (χ1) is 8.70. The average molecular weight is 240 g/mol. The molecule has 88 valence electrons. The van der Waals surface area contributed by atoms with Crippen molar-refractivity contribution in [3.05, 3.63) is 53.9 Å². The zero-order chi connectivity index (χ0) is 13.0. The normalized spacial score (nSPS) is 9.50. The Balaban J connectivity index is 2.28. The van der Waals surface area contributed by atoms with Crippen molar-refractivity contribution >= 4 is 5.97 Å². The molecule has 0 spiro atoms. The van der Waals surface area contributed by atoms with Crippen molar-refractivity contribution in [2.45, 2.75) is 0 Å².